The standard InChI is InChI=1S/C27H35N3O5S2/c1-7-30-23-14-11-21(26(32)35-8-2)15-24(23)36-27(30)28-25(31)20-9-12-22(13-10-20)37(33,34)29(16-18(3)4)17-19(5)6/h9-15,18-19H,7-8,16-17H2,1-6H3. The summed E-state index contributed by atoms with van der Waals surface area (Å²) in [5.74, 6) is -0.489. The number of ether oxygens (including phenoxy) is 1. The van der Waals surface area contributed by atoms with Crippen LogP contribution in [0, 0.1) is 11.8 Å². The van der Waals surface area contributed by atoms with E-state index in [1.807, 2.05) is 45.3 Å². The number of aryl methyl sites for hydroxylation is 1. The predicted molar refractivity (Wildman–Crippen MR) is 146 cm³/mol. The minimum Gasteiger partial charge on any atom is -0.462 e. The second-order valence-corrected chi connectivity index (χ2v) is 12.5. The van der Waals surface area contributed by atoms with Gasteiger partial charge in [0.1, 0.15) is 0 Å². The number of carbonyl (C=O) groups excluding carboxylic acids is 2. The van der Waals surface area contributed by atoms with Crippen molar-refractivity contribution in [1.82, 2.24) is 8.87 Å². The summed E-state index contributed by atoms with van der Waals surface area (Å²) < 4.78 is 35.8. The number of esters is 1. The second kappa shape index (κ2) is 12.1. The molecule has 3 rings (SSSR count). The van der Waals surface area contributed by atoms with Crippen LogP contribution in [-0.4, -0.2) is 48.9 Å². The Morgan fingerprint density at radius 3 is 2.11 bits per heavy atom. The number of hydrogen-bond acceptors (Lipinski definition) is 6. The molecule has 0 saturated heterocycles. The number of carbonyl (C=O) groups is 2. The molecule has 0 atom stereocenters. The van der Waals surface area contributed by atoms with E-state index in [2.05, 4.69) is 4.99 Å². The van der Waals surface area contributed by atoms with Crippen molar-refractivity contribution in [3.05, 3.63) is 58.4 Å². The van der Waals surface area contributed by atoms with Gasteiger partial charge in [-0.05, 0) is 68.1 Å². The van der Waals surface area contributed by atoms with E-state index in [1.54, 1.807) is 19.1 Å². The van der Waals surface area contributed by atoms with Gasteiger partial charge in [-0.3, -0.25) is 4.79 Å². The highest BCUT2D eigenvalue weighted by Gasteiger charge is 2.26. The van der Waals surface area contributed by atoms with Crippen LogP contribution in [0.4, 0.5) is 0 Å². The molecular formula is C27H35N3O5S2. The van der Waals surface area contributed by atoms with E-state index >= 15 is 0 Å². The van der Waals surface area contributed by atoms with Gasteiger partial charge in [-0.1, -0.05) is 39.0 Å². The molecule has 37 heavy (non-hydrogen) atoms. The van der Waals surface area contributed by atoms with Gasteiger partial charge in [-0.15, -0.1) is 0 Å². The molecule has 0 aliphatic carbocycles. The van der Waals surface area contributed by atoms with Crippen molar-refractivity contribution < 1.29 is 22.7 Å². The lowest BCUT2D eigenvalue weighted by atomic mass is 10.2. The number of aromatic nitrogens is 1. The van der Waals surface area contributed by atoms with E-state index in [-0.39, 0.29) is 16.7 Å². The SMILES string of the molecule is CCOC(=O)c1ccc2c(c1)sc(=NC(=O)c1ccc(S(=O)(=O)N(CC(C)C)CC(C)C)cc1)n2CC. The minimum atomic E-state index is -3.68. The Kier molecular flexibility index (Phi) is 9.44. The number of amides is 1. The normalized spacial score (nSPS) is 12.7. The minimum absolute atomic E-state index is 0.155. The van der Waals surface area contributed by atoms with Crippen molar-refractivity contribution in [1.29, 1.82) is 0 Å². The molecule has 2 aromatic carbocycles. The Morgan fingerprint density at radius 2 is 1.57 bits per heavy atom. The Labute approximate surface area is 222 Å². The van der Waals surface area contributed by atoms with Gasteiger partial charge in [-0.2, -0.15) is 9.30 Å². The summed E-state index contributed by atoms with van der Waals surface area (Å²) in [7, 11) is -3.68. The third kappa shape index (κ3) is 6.74. The van der Waals surface area contributed by atoms with Crippen molar-refractivity contribution in [3.63, 3.8) is 0 Å². The van der Waals surface area contributed by atoms with E-state index in [0.717, 1.165) is 10.2 Å². The average molecular weight is 546 g/mol. The molecule has 0 aliphatic heterocycles. The van der Waals surface area contributed by atoms with Gasteiger partial charge >= 0.3 is 5.97 Å². The third-order valence-corrected chi connectivity index (χ3v) is 8.47. The molecule has 0 bridgehead atoms. The first-order valence-corrected chi connectivity index (χ1v) is 14.7. The molecule has 1 amide bonds. The van der Waals surface area contributed by atoms with Gasteiger partial charge in [-0.25, -0.2) is 13.2 Å². The molecule has 0 saturated carbocycles. The van der Waals surface area contributed by atoms with Crippen LogP contribution >= 0.6 is 11.3 Å². The van der Waals surface area contributed by atoms with Crippen LogP contribution in [0.2, 0.25) is 0 Å². The maximum atomic E-state index is 13.3. The fourth-order valence-electron chi connectivity index (χ4n) is 3.96. The Bertz CT molecular complexity index is 1420. The Hall–Kier alpha value is -2.82. The highest BCUT2D eigenvalue weighted by molar-refractivity contribution is 7.89. The van der Waals surface area contributed by atoms with Crippen molar-refractivity contribution in [2.24, 2.45) is 16.8 Å². The summed E-state index contributed by atoms with van der Waals surface area (Å²) >= 11 is 1.31. The second-order valence-electron chi connectivity index (χ2n) is 9.58. The number of hydrogen-bond donors (Lipinski definition) is 0. The maximum Gasteiger partial charge on any atom is 0.338 e. The topological polar surface area (TPSA) is 98.0 Å². The Morgan fingerprint density at radius 1 is 0.973 bits per heavy atom. The number of benzene rings is 2. The van der Waals surface area contributed by atoms with Crippen molar-refractivity contribution >= 4 is 43.5 Å². The molecule has 1 aromatic heterocycles. The van der Waals surface area contributed by atoms with Crippen molar-refractivity contribution in [2.75, 3.05) is 19.7 Å². The van der Waals surface area contributed by atoms with Crippen LogP contribution in [0.1, 0.15) is 62.3 Å². The van der Waals surface area contributed by atoms with E-state index < -0.39 is 21.9 Å². The largest absolute Gasteiger partial charge is 0.462 e. The number of fused-ring (bicyclic) bond motifs is 1. The number of rotatable bonds is 10. The molecule has 0 aliphatic rings. The van der Waals surface area contributed by atoms with Gasteiger partial charge in [0.2, 0.25) is 10.0 Å². The monoisotopic (exact) mass is 545 g/mol. The first-order chi connectivity index (χ1) is 17.5. The smallest absolute Gasteiger partial charge is 0.338 e. The van der Waals surface area contributed by atoms with Gasteiger partial charge in [0, 0.05) is 25.2 Å². The van der Waals surface area contributed by atoms with Gasteiger partial charge in [0.05, 0.1) is 27.3 Å². The molecule has 8 nitrogen and oxygen atoms in total. The molecule has 0 radical (unpaired) electrons. The van der Waals surface area contributed by atoms with Gasteiger partial charge in [0.25, 0.3) is 5.91 Å². The molecule has 0 spiro atoms. The zero-order valence-corrected chi connectivity index (χ0v) is 23.9. The first kappa shape index (κ1) is 28.7. The van der Waals surface area contributed by atoms with Crippen molar-refractivity contribution in [3.8, 4) is 0 Å². The predicted octanol–water partition coefficient (Wildman–Crippen LogP) is 4.94. The van der Waals surface area contributed by atoms with E-state index in [9.17, 15) is 18.0 Å². The molecule has 1 heterocycles. The van der Waals surface area contributed by atoms with E-state index in [1.165, 1.54) is 39.9 Å². The number of thiazole rings is 1. The summed E-state index contributed by atoms with van der Waals surface area (Å²) in [6.07, 6.45) is 0. The zero-order valence-electron chi connectivity index (χ0n) is 22.2. The van der Waals surface area contributed by atoms with E-state index in [4.69, 9.17) is 4.74 Å². The highest BCUT2D eigenvalue weighted by Crippen LogP contribution is 2.22. The fourth-order valence-corrected chi connectivity index (χ4v) is 6.86. The highest BCUT2D eigenvalue weighted by atomic mass is 32.2. The Balaban J connectivity index is 1.93. The van der Waals surface area contributed by atoms with Crippen LogP contribution in [0.25, 0.3) is 10.2 Å². The summed E-state index contributed by atoms with van der Waals surface area (Å²) in [6.45, 7) is 13.4. The maximum absolute atomic E-state index is 13.3. The number of sulfonamides is 1. The molecule has 0 fully saturated rings. The third-order valence-electron chi connectivity index (χ3n) is 5.58. The molecule has 10 heteroatoms. The zero-order chi connectivity index (χ0) is 27.3. The molecule has 0 N–H and O–H groups in total. The summed E-state index contributed by atoms with van der Waals surface area (Å²) in [6, 6.07) is 11.2. The quantitative estimate of drug-likeness (QED) is 0.336. The van der Waals surface area contributed by atoms with Crippen LogP contribution in [0.5, 0.6) is 0 Å². The lowest BCUT2D eigenvalue weighted by molar-refractivity contribution is 0.0526. The fraction of sp³-hybridized carbons (Fsp3) is 0.444. The summed E-state index contributed by atoms with van der Waals surface area (Å²) in [5.41, 5.74) is 1.60. The molecule has 0 unspecified atom stereocenters. The lowest BCUT2D eigenvalue weighted by Crippen LogP contribution is -2.37. The first-order valence-electron chi connectivity index (χ1n) is 12.5. The lowest BCUT2D eigenvalue weighted by Gasteiger charge is -2.25. The molecular weight excluding hydrogens is 510 g/mol. The van der Waals surface area contributed by atoms with Crippen LogP contribution < -0.4 is 4.80 Å². The molecule has 200 valence electrons. The van der Waals surface area contributed by atoms with Crippen LogP contribution in [0.15, 0.2) is 52.4 Å². The summed E-state index contributed by atoms with van der Waals surface area (Å²) in [5, 5.41) is 0. The van der Waals surface area contributed by atoms with Crippen LogP contribution in [0.3, 0.4) is 0 Å². The van der Waals surface area contributed by atoms with Crippen molar-refractivity contribution in [2.45, 2.75) is 53.0 Å². The van der Waals surface area contributed by atoms with Crippen LogP contribution in [-0.2, 0) is 21.3 Å². The van der Waals surface area contributed by atoms with Gasteiger partial charge < -0.3 is 9.30 Å². The van der Waals surface area contributed by atoms with Gasteiger partial charge in [0.15, 0.2) is 4.80 Å². The average Bonchev–Trinajstić information content (AvgIpc) is 3.19. The number of nitrogens with zero attached hydrogens (tertiary/aromatic N) is 3. The molecule has 3 aromatic rings. The van der Waals surface area contributed by atoms with E-state index in [0.29, 0.717) is 42.2 Å². The summed E-state index contributed by atoms with van der Waals surface area (Å²) in [4.78, 5) is 30.1.